The van der Waals surface area contributed by atoms with Crippen molar-refractivity contribution in [1.82, 2.24) is 15.2 Å². The maximum absolute atomic E-state index is 14.8. The lowest BCUT2D eigenvalue weighted by Crippen LogP contribution is -2.76. The van der Waals surface area contributed by atoms with E-state index in [1.54, 1.807) is 0 Å². The smallest absolute Gasteiger partial charge is 0.356 e. The van der Waals surface area contributed by atoms with E-state index in [2.05, 4.69) is 15.6 Å². The van der Waals surface area contributed by atoms with Gasteiger partial charge < -0.3 is 10.1 Å². The van der Waals surface area contributed by atoms with Crippen molar-refractivity contribution in [3.8, 4) is 0 Å². The molecule has 3 heterocycles. The summed E-state index contributed by atoms with van der Waals surface area (Å²) in [6, 6.07) is 46.2. The van der Waals surface area contributed by atoms with E-state index < -0.39 is 35.6 Å². The minimum absolute atomic E-state index is 0.0210. The second-order valence-electron chi connectivity index (χ2n) is 13.4. The summed E-state index contributed by atoms with van der Waals surface area (Å²) < 4.78 is 6.36. The molecule has 0 spiro atoms. The van der Waals surface area contributed by atoms with Crippen LogP contribution in [0, 0.1) is 0 Å². The third-order valence-corrected chi connectivity index (χ3v) is 11.0. The third kappa shape index (κ3) is 6.66. The normalized spacial score (nSPS) is 16.7. The third-order valence-electron chi connectivity index (χ3n) is 10.0. The van der Waals surface area contributed by atoms with Crippen LogP contribution in [0.4, 0.5) is 5.13 Å². The Morgan fingerprint density at radius 1 is 0.745 bits per heavy atom. The fourth-order valence-corrected chi connectivity index (χ4v) is 8.46. The Kier molecular flexibility index (Phi) is 9.75. The number of allylic oxidation sites excluding steroid dienone is 1. The summed E-state index contributed by atoms with van der Waals surface area (Å²) >= 11 is 1.12. The Hall–Kier alpha value is -6.49. The number of ketones is 1. The first-order valence-corrected chi connectivity index (χ1v) is 18.7. The molecule has 1 fully saturated rings. The minimum atomic E-state index is -1.04. The molecule has 2 aliphatic heterocycles. The van der Waals surface area contributed by atoms with Gasteiger partial charge in [-0.1, -0.05) is 163 Å². The molecule has 2 N–H and O–H groups in total. The molecule has 0 aliphatic carbocycles. The maximum Gasteiger partial charge on any atom is 0.356 e. The summed E-state index contributed by atoms with van der Waals surface area (Å²) in [5.74, 6) is -1.76. The molecule has 2 unspecified atom stereocenters. The molecule has 1 aromatic heterocycles. The van der Waals surface area contributed by atoms with E-state index in [-0.39, 0.29) is 23.8 Å². The molecule has 2 atom stereocenters. The van der Waals surface area contributed by atoms with Crippen LogP contribution in [0.25, 0.3) is 5.57 Å². The molecule has 0 saturated carbocycles. The Morgan fingerprint density at radius 3 is 1.69 bits per heavy atom. The molecule has 2 amide bonds. The molecule has 10 heteroatoms. The highest BCUT2D eigenvalue weighted by Gasteiger charge is 2.59. The average Bonchev–Trinajstić information content (AvgIpc) is 3.69. The number of Topliss-reactive ketones (excluding diaryl/α,β-unsaturated/α-hetero) is 1. The molecule has 55 heavy (non-hydrogen) atoms. The van der Waals surface area contributed by atoms with Gasteiger partial charge in [-0.15, -0.1) is 0 Å². The van der Waals surface area contributed by atoms with E-state index in [1.165, 1.54) is 18.0 Å². The number of nitrogens with zero attached hydrogens (tertiary/aromatic N) is 2. The molecule has 8 rings (SSSR count). The predicted octanol–water partition coefficient (Wildman–Crippen LogP) is 7.28. The van der Waals surface area contributed by atoms with Gasteiger partial charge >= 0.3 is 5.97 Å². The first-order valence-electron chi connectivity index (χ1n) is 17.9. The largest absolute Gasteiger partial charge is 0.448 e. The van der Waals surface area contributed by atoms with E-state index in [9.17, 15) is 19.2 Å². The molecule has 9 nitrogen and oxygen atoms in total. The van der Waals surface area contributed by atoms with Crippen LogP contribution in [0.15, 0.2) is 164 Å². The molecule has 0 radical (unpaired) electrons. The number of carbonyl (C=O) groups excluding carboxylic acids is 4. The summed E-state index contributed by atoms with van der Waals surface area (Å²) in [7, 11) is 0. The zero-order valence-electron chi connectivity index (χ0n) is 29.8. The van der Waals surface area contributed by atoms with Gasteiger partial charge in [0.15, 0.2) is 17.0 Å². The number of ether oxygens (including phenoxy) is 1. The van der Waals surface area contributed by atoms with Crippen molar-refractivity contribution < 1.29 is 23.9 Å². The summed E-state index contributed by atoms with van der Waals surface area (Å²) in [5.41, 5.74) is 3.36. The van der Waals surface area contributed by atoms with Gasteiger partial charge in [0.2, 0.25) is 11.8 Å². The fraction of sp³-hybridized carbons (Fsp3) is 0.133. The van der Waals surface area contributed by atoms with Crippen molar-refractivity contribution in [2.45, 2.75) is 37.1 Å². The van der Waals surface area contributed by atoms with Gasteiger partial charge in [0, 0.05) is 25.1 Å². The first-order chi connectivity index (χ1) is 26.8. The zero-order chi connectivity index (χ0) is 37.9. The number of aromatic nitrogens is 1. The van der Waals surface area contributed by atoms with Gasteiger partial charge in [0.1, 0.15) is 17.8 Å². The Bertz CT molecular complexity index is 2250. The van der Waals surface area contributed by atoms with Crippen molar-refractivity contribution in [3.63, 3.8) is 0 Å². The number of hydrogen-bond donors (Lipinski definition) is 2. The molecule has 1 saturated heterocycles. The number of benzene rings is 5. The number of anilines is 1. The van der Waals surface area contributed by atoms with Crippen LogP contribution in [-0.4, -0.2) is 45.5 Å². The van der Waals surface area contributed by atoms with E-state index in [0.717, 1.165) is 39.2 Å². The number of amides is 2. The molecule has 2 aliphatic rings. The second kappa shape index (κ2) is 15.1. The molecule has 5 aromatic carbocycles. The van der Waals surface area contributed by atoms with Crippen LogP contribution in [0.1, 0.15) is 52.1 Å². The lowest BCUT2D eigenvalue weighted by Gasteiger charge is -2.52. The van der Waals surface area contributed by atoms with E-state index in [4.69, 9.17) is 4.74 Å². The zero-order valence-corrected chi connectivity index (χ0v) is 30.6. The number of rotatable bonds is 11. The van der Waals surface area contributed by atoms with Gasteiger partial charge in [-0.3, -0.25) is 24.6 Å². The Labute approximate surface area is 322 Å². The molecule has 6 aromatic rings. The quantitative estimate of drug-likeness (QED) is 0.0814. The van der Waals surface area contributed by atoms with Crippen LogP contribution in [-0.2, 0) is 29.5 Å². The van der Waals surface area contributed by atoms with Crippen molar-refractivity contribution in [2.75, 3.05) is 5.32 Å². The maximum atomic E-state index is 14.8. The van der Waals surface area contributed by atoms with Gasteiger partial charge in [0.05, 0.1) is 10.4 Å². The second-order valence-corrected chi connectivity index (χ2v) is 14.4. The fourth-order valence-electron chi connectivity index (χ4n) is 7.56. The van der Waals surface area contributed by atoms with Crippen LogP contribution >= 0.6 is 11.3 Å². The van der Waals surface area contributed by atoms with Crippen LogP contribution in [0.5, 0.6) is 0 Å². The Morgan fingerprint density at radius 2 is 1.22 bits per heavy atom. The Balaban J connectivity index is 1.23. The van der Waals surface area contributed by atoms with Crippen LogP contribution in [0.3, 0.4) is 0 Å². The predicted molar refractivity (Wildman–Crippen MR) is 211 cm³/mol. The number of hydrogen-bond acceptors (Lipinski definition) is 8. The van der Waals surface area contributed by atoms with Crippen LogP contribution in [0.2, 0.25) is 0 Å². The van der Waals surface area contributed by atoms with E-state index >= 15 is 0 Å². The molecular formula is C45H36N4O5S. The van der Waals surface area contributed by atoms with Gasteiger partial charge in [-0.05, 0) is 27.8 Å². The summed E-state index contributed by atoms with van der Waals surface area (Å²) in [6.07, 6.45) is 0.543. The molecule has 272 valence electrons. The lowest BCUT2D eigenvalue weighted by atomic mass is 9.74. The highest BCUT2D eigenvalue weighted by atomic mass is 32.1. The van der Waals surface area contributed by atoms with E-state index in [0.29, 0.717) is 15.6 Å². The standard InChI is InChI=1S/C45H36N4O5S/c1-29(50)47-44-46-28-37(55-44)35-27-36(51)40-38(48-45(32-21-11-4-12-22-32,33-23-13-5-14-24-33)34-25-15-6-16-26-34)42(52)49(40)39(35)43(53)54-41(30-17-7-2-8-18-30)31-19-9-3-10-20-31/h2-26,28,38,40-41,48H,27H2,1H3,(H,46,47,50). The number of nitrogens with one attached hydrogen (secondary N) is 2. The number of fused-ring (bicyclic) bond motifs is 1. The number of β-lactam (4-membered cyclic amide) rings is 1. The number of thiazole rings is 1. The van der Waals surface area contributed by atoms with Crippen molar-refractivity contribution in [3.05, 3.63) is 196 Å². The van der Waals surface area contributed by atoms with E-state index in [1.807, 2.05) is 152 Å². The SMILES string of the molecule is CC(=O)Nc1ncc(C2=C(C(=O)OC(c3ccccc3)c3ccccc3)N3C(=O)C(NC(c4ccccc4)(c4ccccc4)c4ccccc4)C3C(=O)C2)s1. The number of esters is 1. The van der Waals surface area contributed by atoms with Crippen LogP contribution < -0.4 is 10.6 Å². The minimum Gasteiger partial charge on any atom is -0.448 e. The number of carbonyl (C=O) groups is 4. The monoisotopic (exact) mass is 744 g/mol. The summed E-state index contributed by atoms with van der Waals surface area (Å²) in [4.78, 5) is 61.9. The first kappa shape index (κ1) is 35.5. The van der Waals surface area contributed by atoms with Gasteiger partial charge in [0.25, 0.3) is 0 Å². The topological polar surface area (TPSA) is 118 Å². The van der Waals surface area contributed by atoms with Gasteiger partial charge in [-0.25, -0.2) is 9.78 Å². The van der Waals surface area contributed by atoms with Crippen molar-refractivity contribution in [1.29, 1.82) is 0 Å². The molecule has 0 bridgehead atoms. The average molecular weight is 745 g/mol. The highest BCUT2D eigenvalue weighted by molar-refractivity contribution is 7.16. The summed E-state index contributed by atoms with van der Waals surface area (Å²) in [5, 5.41) is 6.66. The van der Waals surface area contributed by atoms with Crippen molar-refractivity contribution in [2.24, 2.45) is 0 Å². The lowest BCUT2D eigenvalue weighted by molar-refractivity contribution is -0.161. The van der Waals surface area contributed by atoms with Crippen molar-refractivity contribution >= 4 is 45.6 Å². The molecular weight excluding hydrogens is 709 g/mol. The summed E-state index contributed by atoms with van der Waals surface area (Å²) in [6.45, 7) is 1.37. The van der Waals surface area contributed by atoms with Gasteiger partial charge in [-0.2, -0.15) is 0 Å². The highest BCUT2D eigenvalue weighted by Crippen LogP contribution is 2.45.